The summed E-state index contributed by atoms with van der Waals surface area (Å²) in [5.74, 6) is -1.21. The second kappa shape index (κ2) is 3.75. The first kappa shape index (κ1) is 10.6. The minimum Gasteiger partial charge on any atom is -0.365 e. The Balaban J connectivity index is 3.53. The van der Waals surface area contributed by atoms with E-state index in [0.717, 1.165) is 6.07 Å². The molecule has 1 aromatic rings. The molecule has 1 amide bonds. The van der Waals surface area contributed by atoms with E-state index in [9.17, 15) is 18.4 Å². The van der Waals surface area contributed by atoms with Crippen LogP contribution in [0.5, 0.6) is 0 Å². The Hall–Kier alpha value is -1.43. The Morgan fingerprint density at radius 2 is 2.14 bits per heavy atom. The topological polar surface area (TPSA) is 76.0 Å². The molecular weight excluding hydrogens is 218 g/mol. The number of carbonyl (C=O) groups excluding carboxylic acids is 1. The number of hydrogen-bond acceptors (Lipinski definition) is 2. The van der Waals surface area contributed by atoms with Crippen LogP contribution in [-0.2, 0) is 0 Å². The molecule has 1 aromatic heterocycles. The molecule has 0 aliphatic heterocycles. The zero-order valence-electron chi connectivity index (χ0n) is 6.68. The summed E-state index contributed by atoms with van der Waals surface area (Å²) in [6.45, 7) is 0. The average Bonchev–Trinajstić information content (AvgIpc) is 2.01. The number of nitrogens with two attached hydrogens (primary N) is 1. The highest BCUT2D eigenvalue weighted by molar-refractivity contribution is 6.29. The van der Waals surface area contributed by atoms with E-state index in [1.54, 1.807) is 0 Å². The fourth-order valence-corrected chi connectivity index (χ4v) is 1.18. The minimum atomic E-state index is -2.97. The number of aromatic amines is 1. The Labute approximate surface area is 81.7 Å². The van der Waals surface area contributed by atoms with E-state index in [1.165, 1.54) is 0 Å². The molecule has 0 aromatic carbocycles. The van der Waals surface area contributed by atoms with Crippen molar-refractivity contribution in [2.75, 3.05) is 0 Å². The second-order valence-corrected chi connectivity index (χ2v) is 2.85. The van der Waals surface area contributed by atoms with Crippen LogP contribution in [0.25, 0.3) is 0 Å². The monoisotopic (exact) mass is 222 g/mol. The Kier molecular flexibility index (Phi) is 2.85. The number of hydrogen-bond donors (Lipinski definition) is 2. The zero-order valence-corrected chi connectivity index (χ0v) is 7.44. The zero-order chi connectivity index (χ0) is 10.9. The standard InChI is InChI=1S/C7H5ClF2N2O2/c8-3-1-2(5(9)10)4(6(11)13)7(14)12-3/h1,5H,(H2,11,13)(H,12,14). The lowest BCUT2D eigenvalue weighted by molar-refractivity contribution is 0.0984. The van der Waals surface area contributed by atoms with Crippen LogP contribution in [0.3, 0.4) is 0 Å². The van der Waals surface area contributed by atoms with Gasteiger partial charge in [0.1, 0.15) is 10.7 Å². The van der Waals surface area contributed by atoms with Crippen LogP contribution in [0.1, 0.15) is 22.3 Å². The summed E-state index contributed by atoms with van der Waals surface area (Å²) in [6.07, 6.45) is -2.97. The molecule has 1 heterocycles. The van der Waals surface area contributed by atoms with Crippen molar-refractivity contribution in [3.05, 3.63) is 32.7 Å². The van der Waals surface area contributed by atoms with Crippen LogP contribution >= 0.6 is 11.6 Å². The number of aromatic nitrogens is 1. The Bertz CT molecular complexity index is 430. The van der Waals surface area contributed by atoms with Crippen molar-refractivity contribution in [1.29, 1.82) is 0 Å². The lowest BCUT2D eigenvalue weighted by Gasteiger charge is -2.04. The van der Waals surface area contributed by atoms with Crippen LogP contribution in [0.2, 0.25) is 5.15 Å². The van der Waals surface area contributed by atoms with E-state index in [-0.39, 0.29) is 5.15 Å². The van der Waals surface area contributed by atoms with Gasteiger partial charge >= 0.3 is 0 Å². The maximum atomic E-state index is 12.3. The van der Waals surface area contributed by atoms with Crippen molar-refractivity contribution in [3.63, 3.8) is 0 Å². The predicted molar refractivity (Wildman–Crippen MR) is 45.5 cm³/mol. The molecule has 4 nitrogen and oxygen atoms in total. The van der Waals surface area contributed by atoms with Crippen molar-refractivity contribution in [2.45, 2.75) is 6.43 Å². The highest BCUT2D eigenvalue weighted by Crippen LogP contribution is 2.22. The number of pyridine rings is 1. The van der Waals surface area contributed by atoms with Crippen molar-refractivity contribution in [2.24, 2.45) is 5.73 Å². The molecule has 0 fully saturated rings. The molecule has 7 heteroatoms. The van der Waals surface area contributed by atoms with Crippen LogP contribution in [-0.4, -0.2) is 10.9 Å². The first-order valence-corrected chi connectivity index (χ1v) is 3.82. The van der Waals surface area contributed by atoms with Gasteiger partial charge in [-0.25, -0.2) is 8.78 Å². The number of H-pyrrole nitrogens is 1. The first-order chi connectivity index (χ1) is 6.43. The molecule has 0 aliphatic carbocycles. The summed E-state index contributed by atoms with van der Waals surface area (Å²) in [4.78, 5) is 23.7. The van der Waals surface area contributed by atoms with Gasteiger partial charge in [0.05, 0.1) is 0 Å². The molecule has 14 heavy (non-hydrogen) atoms. The second-order valence-electron chi connectivity index (χ2n) is 2.44. The molecule has 0 saturated heterocycles. The van der Waals surface area contributed by atoms with Crippen molar-refractivity contribution in [1.82, 2.24) is 4.98 Å². The van der Waals surface area contributed by atoms with Crippen molar-refractivity contribution in [3.8, 4) is 0 Å². The molecule has 0 saturated carbocycles. The minimum absolute atomic E-state index is 0.268. The van der Waals surface area contributed by atoms with Crippen LogP contribution < -0.4 is 11.3 Å². The fraction of sp³-hybridized carbons (Fsp3) is 0.143. The van der Waals surface area contributed by atoms with Crippen LogP contribution in [0.15, 0.2) is 10.9 Å². The SMILES string of the molecule is NC(=O)c1c(C(F)F)cc(Cl)[nH]c1=O. The van der Waals surface area contributed by atoms with Gasteiger partial charge in [0.25, 0.3) is 17.9 Å². The molecule has 76 valence electrons. The van der Waals surface area contributed by atoms with Crippen molar-refractivity contribution >= 4 is 17.5 Å². The molecular formula is C7H5ClF2N2O2. The fourth-order valence-electron chi connectivity index (χ4n) is 0.973. The largest absolute Gasteiger partial charge is 0.365 e. The lowest BCUT2D eigenvalue weighted by Crippen LogP contribution is -2.26. The number of amides is 1. The number of halogens is 3. The van der Waals surface area contributed by atoms with Gasteiger partial charge in [0, 0.05) is 5.56 Å². The van der Waals surface area contributed by atoms with E-state index in [4.69, 9.17) is 17.3 Å². The van der Waals surface area contributed by atoms with Gasteiger partial charge in [0.15, 0.2) is 0 Å². The summed E-state index contributed by atoms with van der Waals surface area (Å²) in [5.41, 5.74) is 2.24. The van der Waals surface area contributed by atoms with E-state index in [0.29, 0.717) is 0 Å². The number of carbonyl (C=O) groups is 1. The Morgan fingerprint density at radius 3 is 2.57 bits per heavy atom. The molecule has 3 N–H and O–H groups in total. The maximum absolute atomic E-state index is 12.3. The molecule has 0 bridgehead atoms. The Morgan fingerprint density at radius 1 is 1.57 bits per heavy atom. The van der Waals surface area contributed by atoms with Gasteiger partial charge in [-0.05, 0) is 6.07 Å². The number of nitrogens with one attached hydrogen (secondary N) is 1. The van der Waals surface area contributed by atoms with E-state index in [2.05, 4.69) is 0 Å². The van der Waals surface area contributed by atoms with Gasteiger partial charge in [0.2, 0.25) is 0 Å². The van der Waals surface area contributed by atoms with Gasteiger partial charge in [-0.1, -0.05) is 11.6 Å². The van der Waals surface area contributed by atoms with Crippen molar-refractivity contribution < 1.29 is 13.6 Å². The normalized spacial score (nSPS) is 10.6. The third kappa shape index (κ3) is 1.90. The molecule has 0 aliphatic rings. The summed E-state index contributed by atoms with van der Waals surface area (Å²) < 4.78 is 24.7. The number of rotatable bonds is 2. The van der Waals surface area contributed by atoms with E-state index in [1.807, 2.05) is 4.98 Å². The smallest absolute Gasteiger partial charge is 0.264 e. The average molecular weight is 223 g/mol. The summed E-state index contributed by atoms with van der Waals surface area (Å²) in [6, 6.07) is 0.799. The molecule has 0 radical (unpaired) electrons. The predicted octanol–water partition coefficient (Wildman–Crippen LogP) is 1.06. The first-order valence-electron chi connectivity index (χ1n) is 3.44. The third-order valence-corrected chi connectivity index (χ3v) is 1.72. The molecule has 0 spiro atoms. The highest BCUT2D eigenvalue weighted by atomic mass is 35.5. The highest BCUT2D eigenvalue weighted by Gasteiger charge is 2.20. The van der Waals surface area contributed by atoms with Crippen LogP contribution in [0, 0.1) is 0 Å². The summed E-state index contributed by atoms with van der Waals surface area (Å²) in [5, 5.41) is -0.268. The number of alkyl halides is 2. The van der Waals surface area contributed by atoms with Gasteiger partial charge in [-0.2, -0.15) is 0 Å². The molecule has 0 unspecified atom stereocenters. The quantitative estimate of drug-likeness (QED) is 0.735. The van der Waals surface area contributed by atoms with E-state index >= 15 is 0 Å². The third-order valence-electron chi connectivity index (χ3n) is 1.51. The van der Waals surface area contributed by atoms with Gasteiger partial charge in [-0.3, -0.25) is 9.59 Å². The molecule has 0 atom stereocenters. The van der Waals surface area contributed by atoms with Gasteiger partial charge in [-0.15, -0.1) is 0 Å². The summed E-state index contributed by atoms with van der Waals surface area (Å²) in [7, 11) is 0. The van der Waals surface area contributed by atoms with E-state index < -0.39 is 29.0 Å². The van der Waals surface area contributed by atoms with Crippen LogP contribution in [0.4, 0.5) is 8.78 Å². The maximum Gasteiger partial charge on any atom is 0.264 e. The molecule has 1 rings (SSSR count). The number of primary amides is 1. The lowest BCUT2D eigenvalue weighted by atomic mass is 10.1. The summed E-state index contributed by atoms with van der Waals surface area (Å²) >= 11 is 5.33. The van der Waals surface area contributed by atoms with Gasteiger partial charge < -0.3 is 10.7 Å².